The van der Waals surface area contributed by atoms with Gasteiger partial charge < -0.3 is 9.47 Å². The first-order chi connectivity index (χ1) is 8.22. The maximum atomic E-state index is 11.4. The molecule has 0 aromatic rings. The molecular weight excluding hydrogens is 220 g/mol. The third-order valence-electron chi connectivity index (χ3n) is 2.54. The lowest BCUT2D eigenvalue weighted by Gasteiger charge is -2.08. The van der Waals surface area contributed by atoms with Crippen LogP contribution in [0.15, 0.2) is 12.0 Å². The van der Waals surface area contributed by atoms with Crippen LogP contribution in [-0.2, 0) is 19.1 Å². The van der Waals surface area contributed by atoms with Crippen molar-refractivity contribution in [3.05, 3.63) is 12.0 Å². The minimum atomic E-state index is -0.318. The number of hydrogen-bond acceptors (Lipinski definition) is 4. The maximum Gasteiger partial charge on any atom is 0.313 e. The minimum Gasteiger partial charge on any atom is -0.393 e. The zero-order chi connectivity index (χ0) is 12.5. The van der Waals surface area contributed by atoms with Crippen LogP contribution in [0.4, 0.5) is 0 Å². The summed E-state index contributed by atoms with van der Waals surface area (Å²) in [7, 11) is 0. The third-order valence-corrected chi connectivity index (χ3v) is 2.54. The summed E-state index contributed by atoms with van der Waals surface area (Å²) in [5.74, 6) is -0.576. The molecule has 0 radical (unpaired) electrons. The first kappa shape index (κ1) is 13.7. The standard InChI is InChI=1S/C13H20O4/c1-2-3-10-13-16-11(14)8-6-4-5-7-9-12(15)17-13/h10H,2-9H2,1H3. The van der Waals surface area contributed by atoms with E-state index in [0.29, 0.717) is 12.8 Å². The summed E-state index contributed by atoms with van der Waals surface area (Å²) >= 11 is 0. The molecule has 0 N–H and O–H groups in total. The van der Waals surface area contributed by atoms with Gasteiger partial charge in [-0.15, -0.1) is 0 Å². The molecule has 0 aliphatic carbocycles. The predicted molar refractivity (Wildman–Crippen MR) is 62.9 cm³/mol. The Hall–Kier alpha value is -1.32. The minimum absolute atomic E-state index is 0.0590. The molecular formula is C13H20O4. The summed E-state index contributed by atoms with van der Waals surface area (Å²) in [6.45, 7) is 2.01. The van der Waals surface area contributed by atoms with E-state index in [1.165, 1.54) is 0 Å². The molecule has 96 valence electrons. The quantitative estimate of drug-likeness (QED) is 0.696. The topological polar surface area (TPSA) is 52.6 Å². The number of ether oxygens (including phenoxy) is 2. The van der Waals surface area contributed by atoms with Crippen LogP contribution in [-0.4, -0.2) is 11.9 Å². The molecule has 1 fully saturated rings. The largest absolute Gasteiger partial charge is 0.393 e. The maximum absolute atomic E-state index is 11.4. The number of esters is 2. The van der Waals surface area contributed by atoms with Crippen molar-refractivity contribution in [3.63, 3.8) is 0 Å². The van der Waals surface area contributed by atoms with Crippen molar-refractivity contribution in [2.45, 2.75) is 58.3 Å². The Morgan fingerprint density at radius 1 is 1.00 bits per heavy atom. The van der Waals surface area contributed by atoms with Crippen molar-refractivity contribution in [2.75, 3.05) is 0 Å². The Morgan fingerprint density at radius 2 is 1.53 bits per heavy atom. The Kier molecular flexibility index (Phi) is 6.37. The lowest BCUT2D eigenvalue weighted by Crippen LogP contribution is -2.10. The highest BCUT2D eigenvalue weighted by Gasteiger charge is 2.14. The molecule has 4 nitrogen and oxygen atoms in total. The predicted octanol–water partition coefficient (Wildman–Crippen LogP) is 3.07. The van der Waals surface area contributed by atoms with Gasteiger partial charge in [-0.3, -0.25) is 9.59 Å². The van der Waals surface area contributed by atoms with Gasteiger partial charge in [-0.1, -0.05) is 26.2 Å². The second kappa shape index (κ2) is 7.87. The molecule has 1 heterocycles. The van der Waals surface area contributed by atoms with E-state index in [4.69, 9.17) is 9.47 Å². The summed E-state index contributed by atoms with van der Waals surface area (Å²) < 4.78 is 10.1. The molecule has 1 aliphatic heterocycles. The van der Waals surface area contributed by atoms with Crippen LogP contribution >= 0.6 is 0 Å². The molecule has 0 spiro atoms. The van der Waals surface area contributed by atoms with Gasteiger partial charge in [0.2, 0.25) is 0 Å². The number of carbonyl (C=O) groups excluding carboxylic acids is 2. The first-order valence-corrected chi connectivity index (χ1v) is 6.34. The van der Waals surface area contributed by atoms with Crippen LogP contribution in [0.25, 0.3) is 0 Å². The summed E-state index contributed by atoms with van der Waals surface area (Å²) in [6, 6.07) is 0. The van der Waals surface area contributed by atoms with Gasteiger partial charge in [0, 0.05) is 12.8 Å². The number of unbranched alkanes of at least 4 members (excludes halogenated alkanes) is 1. The molecule has 1 rings (SSSR count). The molecule has 4 heteroatoms. The Morgan fingerprint density at radius 3 is 2.00 bits per heavy atom. The molecule has 0 atom stereocenters. The number of hydrogen-bond donors (Lipinski definition) is 0. The van der Waals surface area contributed by atoms with Gasteiger partial charge in [0.1, 0.15) is 0 Å². The van der Waals surface area contributed by atoms with E-state index >= 15 is 0 Å². The summed E-state index contributed by atoms with van der Waals surface area (Å²) in [5, 5.41) is 0. The van der Waals surface area contributed by atoms with E-state index in [0.717, 1.165) is 38.5 Å². The molecule has 0 bridgehead atoms. The summed E-state index contributed by atoms with van der Waals surface area (Å²) in [4.78, 5) is 22.9. The van der Waals surface area contributed by atoms with Gasteiger partial charge >= 0.3 is 11.9 Å². The second-order valence-electron chi connectivity index (χ2n) is 4.17. The lowest BCUT2D eigenvalue weighted by molar-refractivity contribution is -0.153. The number of rotatable bonds is 2. The normalized spacial score (nSPS) is 19.0. The average Bonchev–Trinajstić information content (AvgIpc) is 2.32. The Balaban J connectivity index is 2.62. The van der Waals surface area contributed by atoms with Crippen LogP contribution in [0, 0.1) is 0 Å². The van der Waals surface area contributed by atoms with Crippen LogP contribution in [0.5, 0.6) is 0 Å². The van der Waals surface area contributed by atoms with E-state index in [2.05, 4.69) is 0 Å². The van der Waals surface area contributed by atoms with Crippen molar-refractivity contribution in [3.8, 4) is 0 Å². The van der Waals surface area contributed by atoms with E-state index < -0.39 is 0 Å². The summed E-state index contributed by atoms with van der Waals surface area (Å²) in [5.41, 5.74) is 0. The van der Waals surface area contributed by atoms with Gasteiger partial charge in [-0.25, -0.2) is 0 Å². The molecule has 1 aliphatic rings. The van der Waals surface area contributed by atoms with Crippen molar-refractivity contribution in [2.24, 2.45) is 0 Å². The molecule has 0 aromatic carbocycles. The van der Waals surface area contributed by atoms with Crippen LogP contribution < -0.4 is 0 Å². The fourth-order valence-electron chi connectivity index (χ4n) is 1.59. The van der Waals surface area contributed by atoms with Crippen LogP contribution in [0.3, 0.4) is 0 Å². The van der Waals surface area contributed by atoms with Gasteiger partial charge in [-0.05, 0) is 25.3 Å². The highest BCUT2D eigenvalue weighted by Crippen LogP contribution is 2.13. The van der Waals surface area contributed by atoms with Gasteiger partial charge in [0.05, 0.1) is 0 Å². The fraction of sp³-hybridized carbons (Fsp3) is 0.692. The molecule has 0 saturated carbocycles. The first-order valence-electron chi connectivity index (χ1n) is 6.34. The Labute approximate surface area is 102 Å². The zero-order valence-electron chi connectivity index (χ0n) is 10.4. The molecule has 17 heavy (non-hydrogen) atoms. The van der Waals surface area contributed by atoms with Gasteiger partial charge in [-0.2, -0.15) is 0 Å². The molecule has 0 aromatic heterocycles. The van der Waals surface area contributed by atoms with E-state index in [-0.39, 0.29) is 17.9 Å². The van der Waals surface area contributed by atoms with Crippen molar-refractivity contribution >= 4 is 11.9 Å². The fourth-order valence-corrected chi connectivity index (χ4v) is 1.59. The van der Waals surface area contributed by atoms with E-state index in [9.17, 15) is 9.59 Å². The second-order valence-corrected chi connectivity index (χ2v) is 4.17. The van der Waals surface area contributed by atoms with E-state index in [1.807, 2.05) is 6.92 Å². The Bertz CT molecular complexity index is 270. The molecule has 0 unspecified atom stereocenters. The summed E-state index contributed by atoms with van der Waals surface area (Å²) in [6.07, 6.45) is 7.62. The van der Waals surface area contributed by atoms with E-state index in [1.54, 1.807) is 6.08 Å². The monoisotopic (exact) mass is 240 g/mol. The van der Waals surface area contributed by atoms with Gasteiger partial charge in [0.25, 0.3) is 5.95 Å². The van der Waals surface area contributed by atoms with Crippen molar-refractivity contribution in [1.82, 2.24) is 0 Å². The smallest absolute Gasteiger partial charge is 0.313 e. The SMILES string of the molecule is CCCC=C1OC(=O)CCCCCCC(=O)O1. The van der Waals surface area contributed by atoms with Crippen molar-refractivity contribution < 1.29 is 19.1 Å². The lowest BCUT2D eigenvalue weighted by atomic mass is 10.1. The molecule has 1 saturated heterocycles. The number of carbonyl (C=O) groups is 2. The number of allylic oxidation sites excluding steroid dienone is 1. The third kappa shape index (κ3) is 6.09. The highest BCUT2D eigenvalue weighted by molar-refractivity contribution is 5.73. The van der Waals surface area contributed by atoms with Crippen LogP contribution in [0.2, 0.25) is 0 Å². The highest BCUT2D eigenvalue weighted by atomic mass is 16.7. The van der Waals surface area contributed by atoms with Crippen molar-refractivity contribution in [1.29, 1.82) is 0 Å². The molecule has 0 amide bonds. The van der Waals surface area contributed by atoms with Crippen LogP contribution in [0.1, 0.15) is 58.3 Å². The zero-order valence-corrected chi connectivity index (χ0v) is 10.4. The average molecular weight is 240 g/mol. The number of cyclic esters (lactones) is 2. The van der Waals surface area contributed by atoms with Gasteiger partial charge in [0.15, 0.2) is 0 Å².